The minimum atomic E-state index is -0.665. The van der Waals surface area contributed by atoms with Crippen LogP contribution in [0, 0.1) is 91.4 Å². The summed E-state index contributed by atoms with van der Waals surface area (Å²) in [6.45, 7) is 18.5. The number of ether oxygens (including phenoxy) is 10. The number of cyclic esters (lactones) is 2. The number of methoxy groups -OCH3 is 3. The number of rotatable bonds is 7. The average Bonchev–Trinajstić information content (AvgIpc) is 2.59. The van der Waals surface area contributed by atoms with Crippen LogP contribution in [-0.2, 0) is 81.2 Å². The van der Waals surface area contributed by atoms with Crippen LogP contribution in [0.15, 0.2) is 78.1 Å². The Bertz CT molecular complexity index is 3250. The summed E-state index contributed by atoms with van der Waals surface area (Å²) in [4.78, 5) is 68.8. The molecule has 7 fully saturated rings. The summed E-state index contributed by atoms with van der Waals surface area (Å²) in [5, 5.41) is 0. The molecule has 7 aliphatic carbocycles. The molecule has 5 aliphatic heterocycles. The number of aryl methyl sites for hydroxylation is 3. The van der Waals surface area contributed by atoms with Gasteiger partial charge in [-0.3, -0.25) is 25.8 Å². The van der Waals surface area contributed by atoms with Crippen LogP contribution in [0.4, 0.5) is 0 Å². The molecule has 2 saturated carbocycles. The first-order valence-corrected chi connectivity index (χ1v) is 28.3. The van der Waals surface area contributed by atoms with Gasteiger partial charge in [0.25, 0.3) is 6.47 Å². The van der Waals surface area contributed by atoms with E-state index in [1.165, 1.54) is 23.0 Å². The maximum Gasteiger partial charge on any atom is 1.00 e. The minimum Gasteiger partial charge on any atom is -1.00 e. The zero-order valence-electron chi connectivity index (χ0n) is 50.4. The third-order valence-corrected chi connectivity index (χ3v) is 19.9. The van der Waals surface area contributed by atoms with E-state index in [0.29, 0.717) is 54.8 Å². The van der Waals surface area contributed by atoms with E-state index in [-0.39, 0.29) is 155 Å². The summed E-state index contributed by atoms with van der Waals surface area (Å²) in [5.74, 6) is 3.16. The van der Waals surface area contributed by atoms with E-state index in [9.17, 15) is 28.8 Å². The van der Waals surface area contributed by atoms with Crippen molar-refractivity contribution in [1.29, 1.82) is 0 Å². The molecule has 0 spiro atoms. The van der Waals surface area contributed by atoms with E-state index < -0.39 is 17.3 Å². The number of benzene rings is 3. The van der Waals surface area contributed by atoms with Crippen molar-refractivity contribution in [3.8, 4) is 17.2 Å². The predicted octanol–water partition coefficient (Wildman–Crippen LogP) is 3.74. The topological polar surface area (TPSA) is 225 Å². The van der Waals surface area contributed by atoms with E-state index in [2.05, 4.69) is 36.0 Å². The molecule has 20 heteroatoms. The zero-order chi connectivity index (χ0) is 57.6. The number of hydrogen-bond donors (Lipinski definition) is 0. The smallest absolute Gasteiger partial charge is 1.00 e. The number of alkyl halides is 1. The van der Waals surface area contributed by atoms with Crippen molar-refractivity contribution in [2.24, 2.45) is 64.1 Å². The number of carbonyl (C=O) groups is 6. The fourth-order valence-electron chi connectivity index (χ4n) is 15.4. The molecule has 15 rings (SSSR count). The third-order valence-electron chi connectivity index (χ3n) is 19.6. The van der Waals surface area contributed by atoms with Gasteiger partial charge in [-0.05, 0) is 132 Å². The summed E-state index contributed by atoms with van der Waals surface area (Å²) in [6, 6.07) is 11.9. The van der Waals surface area contributed by atoms with Crippen molar-refractivity contribution in [3.05, 3.63) is 135 Å². The van der Waals surface area contributed by atoms with Crippen LogP contribution in [-0.4, -0.2) is 81.6 Å². The normalized spacial score (nSPS) is 34.0. The molecule has 3 aromatic rings. The summed E-state index contributed by atoms with van der Waals surface area (Å²) in [6.07, 6.45) is 13.8. The largest absolute Gasteiger partial charge is 1.00 e. The van der Waals surface area contributed by atoms with Gasteiger partial charge in [-0.1, -0.05) is 54.1 Å². The second kappa shape index (κ2) is 25.3. The maximum atomic E-state index is 12.6. The van der Waals surface area contributed by atoms with Crippen molar-refractivity contribution >= 4 is 47.9 Å². The molecule has 0 amide bonds. The van der Waals surface area contributed by atoms with Gasteiger partial charge in [0.2, 0.25) is 6.29 Å². The van der Waals surface area contributed by atoms with Crippen molar-refractivity contribution in [1.82, 2.24) is 0 Å². The maximum absolute atomic E-state index is 12.6. The fraction of sp³-hybridized carbons (Fsp3) is 0.500. The second-order valence-corrected chi connectivity index (χ2v) is 23.9. The third kappa shape index (κ3) is 10.5. The first kappa shape index (κ1) is 64.9. The predicted molar refractivity (Wildman–Crippen MR) is 294 cm³/mol. The quantitative estimate of drug-likeness (QED) is 0.0378. The number of halogens is 1. The van der Waals surface area contributed by atoms with Crippen molar-refractivity contribution in [2.75, 3.05) is 27.9 Å². The molecule has 1 N–H and O–H groups in total. The van der Waals surface area contributed by atoms with Crippen LogP contribution in [0.25, 0.3) is 0 Å². The van der Waals surface area contributed by atoms with Gasteiger partial charge in [-0.2, -0.15) is 0 Å². The Hall–Kier alpha value is -5.11. The monoisotopic (exact) mass is 1190 g/mol. The Balaban J connectivity index is 0.000000163. The van der Waals surface area contributed by atoms with E-state index in [1.54, 1.807) is 28.3 Å². The standard InChI is InChI=1S/C24H24O6.C14H13O3.C13H14O3.C10H11ClO2.C3H6O2.2Na.H2O.H/c1-11-4-7-17(27-3)15-9-14-16(21(25)29-20(14)18(11)15)10-28-22-19-12-5-6-13(8-12)24(19,2)23(26)30-22;1-7-4-5-11(16-3)10-6-9-8(2)14(15)17-13(9)12(7)10;1-7-3-4-10(15-2)9-5-8-6-11(14)16-13(8)12(7)9;1-10-6-3-2-5(4-6)7(10)8(11)13-9(10)12;1-2-5-3-4;;;;/h4-7,10,12-14,19-20,22H,8-9H2,1-3H3;2,4-5,9,13H,6H2,1,3H3;3-4,8,13H,5-6H2,1-2H3;2-3,5-8H,4H2,1H3;3H,2H2,1H3;;;1H2;/q;-1;;;;2*+1;;-1/p-1/b16-10+;;;;;;;;/t12-,13+,14?,19?,20?,22?,24+;;;5-,6?,7+,8+,10-;;;;;/m1..0...../s1. The van der Waals surface area contributed by atoms with Crippen LogP contribution in [0.3, 0.4) is 0 Å². The molecule has 0 radical (unpaired) electrons. The summed E-state index contributed by atoms with van der Waals surface area (Å²) >= 11 is 6.01. The van der Waals surface area contributed by atoms with Crippen LogP contribution in [0.1, 0.15) is 110 Å². The van der Waals surface area contributed by atoms with Crippen molar-refractivity contribution in [3.63, 3.8) is 0 Å². The molecule has 9 unspecified atom stereocenters. The Morgan fingerprint density at radius 3 is 1.62 bits per heavy atom. The summed E-state index contributed by atoms with van der Waals surface area (Å²) in [7, 11) is 4.99. The van der Waals surface area contributed by atoms with Gasteiger partial charge in [0.05, 0.1) is 62.9 Å². The minimum absolute atomic E-state index is 0. The molecular formula is C64H70ClNa2O17-. The van der Waals surface area contributed by atoms with Crippen LogP contribution in [0.2, 0.25) is 0 Å². The number of fused-ring (bicyclic) bond motifs is 19. The molecule has 84 heavy (non-hydrogen) atoms. The van der Waals surface area contributed by atoms with Gasteiger partial charge in [0, 0.05) is 57.1 Å². The Morgan fingerprint density at radius 1 is 0.631 bits per heavy atom. The summed E-state index contributed by atoms with van der Waals surface area (Å²) in [5.41, 5.74) is 9.70. The molecule has 5 saturated heterocycles. The molecule has 17 nitrogen and oxygen atoms in total. The Kier molecular flexibility index (Phi) is 19.5. The number of esters is 5. The number of carbonyl (C=O) groups excluding carboxylic acids is 6. The number of allylic oxidation sites excluding steroid dienone is 4. The molecular weight excluding hydrogens is 1120 g/mol. The van der Waals surface area contributed by atoms with Gasteiger partial charge < -0.3 is 59.1 Å². The van der Waals surface area contributed by atoms with Gasteiger partial charge >= 0.3 is 83.0 Å². The van der Waals surface area contributed by atoms with E-state index >= 15 is 0 Å². The first-order chi connectivity index (χ1) is 38.8. The molecule has 3 aromatic carbocycles. The van der Waals surface area contributed by atoms with Gasteiger partial charge in [-0.15, -0.1) is 5.57 Å². The average molecular weight is 1190 g/mol. The van der Waals surface area contributed by atoms with Crippen molar-refractivity contribution in [2.45, 2.75) is 110 Å². The Labute approximate surface area is 540 Å². The molecule has 0 aromatic heterocycles. The van der Waals surface area contributed by atoms with Gasteiger partial charge in [0.15, 0.2) is 11.5 Å². The molecule has 4 bridgehead atoms. The SMILES string of the molecule is CCOC=O.COc1ccc(C)c2c1CC1/C(=C\OC3OC(=O)[C@]4(C)C3[C@@H]3C=C[C@H]4C3)C(=O)OC21.COc1ccc(C)c2c1CC1CC(=O)OC21.C[C@@]12C(=O)O[C@@H](Cl)[C@H]1[C@H]1C=CC2C1.[CH-]=C1C(=O)OC2c3c(C)ccc(OC)c3CC12.[H-].[Na+].[Na+].[OH-]. The molecule has 438 valence electrons. The Morgan fingerprint density at radius 2 is 1.11 bits per heavy atom. The molecule has 12 aliphatic rings. The number of hydrogen-bond acceptors (Lipinski definition) is 17. The van der Waals surface area contributed by atoms with Crippen LogP contribution < -0.4 is 73.3 Å². The van der Waals surface area contributed by atoms with E-state index in [0.717, 1.165) is 76.3 Å². The second-order valence-electron chi connectivity index (χ2n) is 23.4. The van der Waals surface area contributed by atoms with Crippen LogP contribution in [0.5, 0.6) is 17.2 Å². The summed E-state index contributed by atoms with van der Waals surface area (Å²) < 4.78 is 53.6. The van der Waals surface area contributed by atoms with E-state index in [4.69, 9.17) is 60.8 Å². The van der Waals surface area contributed by atoms with Crippen LogP contribution >= 0.6 is 11.6 Å². The van der Waals surface area contributed by atoms with Gasteiger partial charge in [0.1, 0.15) is 35.6 Å². The zero-order valence-corrected chi connectivity index (χ0v) is 54.2. The first-order valence-electron chi connectivity index (χ1n) is 27.9. The molecule has 5 heterocycles. The fourth-order valence-corrected chi connectivity index (χ4v) is 16.0. The molecule has 16 atom stereocenters. The van der Waals surface area contributed by atoms with E-state index in [1.807, 2.05) is 64.1 Å². The van der Waals surface area contributed by atoms with Crippen molar-refractivity contribution < 1.29 is 142 Å². The van der Waals surface area contributed by atoms with Gasteiger partial charge in [-0.25, -0.2) is 4.79 Å².